The first-order valence-corrected chi connectivity index (χ1v) is 11.0. The van der Waals surface area contributed by atoms with E-state index in [2.05, 4.69) is 31.4 Å². The molecular formula is C24H33N3O5. The number of nitrogens with one attached hydrogen (secondary N) is 2. The summed E-state index contributed by atoms with van der Waals surface area (Å²) in [6.07, 6.45) is 2.04. The highest BCUT2D eigenvalue weighted by Crippen LogP contribution is 2.46. The number of hydrogen-bond acceptors (Lipinski definition) is 5. The van der Waals surface area contributed by atoms with Gasteiger partial charge in [0.1, 0.15) is 12.1 Å². The molecule has 2 atom stereocenters. The molecule has 1 saturated heterocycles. The zero-order valence-electron chi connectivity index (χ0n) is 19.8. The maximum absolute atomic E-state index is 13.1. The first-order chi connectivity index (χ1) is 14.8. The van der Waals surface area contributed by atoms with Gasteiger partial charge >= 0.3 is 12.0 Å². The molecular weight excluding hydrogens is 410 g/mol. The van der Waals surface area contributed by atoms with Gasteiger partial charge < -0.3 is 15.4 Å². The van der Waals surface area contributed by atoms with Crippen LogP contribution in [0.25, 0.3) is 0 Å². The van der Waals surface area contributed by atoms with E-state index in [0.717, 1.165) is 28.0 Å². The molecule has 2 fully saturated rings. The van der Waals surface area contributed by atoms with Crippen LogP contribution in [0.1, 0.15) is 56.7 Å². The summed E-state index contributed by atoms with van der Waals surface area (Å²) in [4.78, 5) is 51.1. The molecule has 1 aromatic carbocycles. The minimum absolute atomic E-state index is 0.0958. The second-order valence-electron chi connectivity index (χ2n) is 10.2. The topological polar surface area (TPSA) is 105 Å². The van der Waals surface area contributed by atoms with Gasteiger partial charge in [0.15, 0.2) is 6.61 Å². The average Bonchev–Trinajstić information content (AvgIpc) is 2.84. The Morgan fingerprint density at radius 2 is 1.78 bits per heavy atom. The summed E-state index contributed by atoms with van der Waals surface area (Å²) < 4.78 is 5.05. The molecule has 8 nitrogen and oxygen atoms in total. The van der Waals surface area contributed by atoms with Crippen molar-refractivity contribution in [2.24, 2.45) is 11.3 Å². The number of hydrogen-bond donors (Lipinski definition) is 2. The van der Waals surface area contributed by atoms with E-state index in [-0.39, 0.29) is 11.3 Å². The fraction of sp³-hybridized carbons (Fsp3) is 0.583. The van der Waals surface area contributed by atoms with Crippen molar-refractivity contribution in [2.75, 3.05) is 18.5 Å². The summed E-state index contributed by atoms with van der Waals surface area (Å²) >= 11 is 0. The number of carbonyl (C=O) groups excluding carboxylic acids is 4. The lowest BCUT2D eigenvalue weighted by molar-refractivity contribution is -0.150. The minimum Gasteiger partial charge on any atom is -0.454 e. The van der Waals surface area contributed by atoms with Crippen LogP contribution in [0.2, 0.25) is 0 Å². The van der Waals surface area contributed by atoms with Crippen molar-refractivity contribution in [1.29, 1.82) is 0 Å². The molecule has 2 aliphatic rings. The number of ether oxygens (including phenoxy) is 1. The molecule has 0 radical (unpaired) electrons. The van der Waals surface area contributed by atoms with Crippen molar-refractivity contribution in [3.8, 4) is 0 Å². The summed E-state index contributed by atoms with van der Waals surface area (Å²) in [5.74, 6) is -1.41. The number of imide groups is 1. The van der Waals surface area contributed by atoms with Gasteiger partial charge in [0, 0.05) is 5.69 Å². The summed E-state index contributed by atoms with van der Waals surface area (Å²) in [5.41, 5.74) is 2.53. The zero-order chi connectivity index (χ0) is 23.8. The van der Waals surface area contributed by atoms with Crippen LogP contribution in [-0.4, -0.2) is 47.4 Å². The van der Waals surface area contributed by atoms with Crippen molar-refractivity contribution >= 4 is 29.5 Å². The maximum Gasteiger partial charge on any atom is 0.326 e. The Balaban J connectivity index is 1.58. The molecule has 1 spiro atoms. The number of anilines is 1. The van der Waals surface area contributed by atoms with Crippen molar-refractivity contribution in [1.82, 2.24) is 10.2 Å². The molecule has 4 amide bonds. The lowest BCUT2D eigenvalue weighted by atomic mass is 9.64. The molecule has 3 rings (SSSR count). The zero-order valence-corrected chi connectivity index (χ0v) is 19.8. The maximum atomic E-state index is 13.1. The van der Waals surface area contributed by atoms with E-state index in [1.807, 2.05) is 32.9 Å². The Morgan fingerprint density at radius 3 is 2.38 bits per heavy atom. The van der Waals surface area contributed by atoms with Gasteiger partial charge in [-0.1, -0.05) is 38.5 Å². The van der Waals surface area contributed by atoms with E-state index in [1.165, 1.54) is 0 Å². The van der Waals surface area contributed by atoms with Crippen molar-refractivity contribution in [3.63, 3.8) is 0 Å². The standard InChI is InChI=1S/C24H33N3O5/c1-14-7-16(3)20(17(4)8-14)25-18(28)12-32-19(29)11-27-21(30)24(26-22(27)31)10-15(2)9-23(5,6)13-24/h7-8,15H,9-13H2,1-6H3,(H,25,28)(H,26,31). The van der Waals surface area contributed by atoms with Gasteiger partial charge in [0.05, 0.1) is 0 Å². The number of amides is 4. The van der Waals surface area contributed by atoms with Gasteiger partial charge in [-0.25, -0.2) is 4.79 Å². The third-order valence-corrected chi connectivity index (χ3v) is 6.22. The molecule has 174 valence electrons. The van der Waals surface area contributed by atoms with Crippen LogP contribution in [0, 0.1) is 32.1 Å². The summed E-state index contributed by atoms with van der Waals surface area (Å²) in [5, 5.41) is 5.58. The molecule has 1 heterocycles. The van der Waals surface area contributed by atoms with Gasteiger partial charge in [0.2, 0.25) is 0 Å². The lowest BCUT2D eigenvalue weighted by Gasteiger charge is -2.43. The number of urea groups is 1. The van der Waals surface area contributed by atoms with Crippen LogP contribution in [-0.2, 0) is 19.1 Å². The predicted molar refractivity (Wildman–Crippen MR) is 120 cm³/mol. The second kappa shape index (κ2) is 8.56. The Bertz CT molecular complexity index is 947. The van der Waals surface area contributed by atoms with Gasteiger partial charge in [-0.15, -0.1) is 0 Å². The molecule has 1 aliphatic heterocycles. The Morgan fingerprint density at radius 1 is 1.16 bits per heavy atom. The van der Waals surface area contributed by atoms with Crippen molar-refractivity contribution < 1.29 is 23.9 Å². The monoisotopic (exact) mass is 443 g/mol. The van der Waals surface area contributed by atoms with Crippen LogP contribution in [0.4, 0.5) is 10.5 Å². The molecule has 1 aliphatic carbocycles. The molecule has 2 N–H and O–H groups in total. The third-order valence-electron chi connectivity index (χ3n) is 6.22. The van der Waals surface area contributed by atoms with Crippen LogP contribution in [0.15, 0.2) is 12.1 Å². The van der Waals surface area contributed by atoms with E-state index in [0.29, 0.717) is 18.5 Å². The van der Waals surface area contributed by atoms with Crippen LogP contribution < -0.4 is 10.6 Å². The number of rotatable bonds is 5. The first kappa shape index (κ1) is 23.8. The number of esters is 1. The highest BCUT2D eigenvalue weighted by Gasteiger charge is 2.56. The quantitative estimate of drug-likeness (QED) is 0.537. The molecule has 32 heavy (non-hydrogen) atoms. The third kappa shape index (κ3) is 4.95. The van der Waals surface area contributed by atoms with Gasteiger partial charge in [-0.3, -0.25) is 19.3 Å². The molecule has 0 bridgehead atoms. The smallest absolute Gasteiger partial charge is 0.326 e. The first-order valence-electron chi connectivity index (χ1n) is 11.0. The number of benzene rings is 1. The summed E-state index contributed by atoms with van der Waals surface area (Å²) in [6.45, 7) is 11.0. The molecule has 8 heteroatoms. The van der Waals surface area contributed by atoms with Crippen LogP contribution >= 0.6 is 0 Å². The van der Waals surface area contributed by atoms with E-state index in [9.17, 15) is 19.2 Å². The summed E-state index contributed by atoms with van der Waals surface area (Å²) in [7, 11) is 0. The number of nitrogens with zero attached hydrogens (tertiary/aromatic N) is 1. The number of carbonyl (C=O) groups is 4. The Labute approximate surface area is 189 Å². The SMILES string of the molecule is Cc1cc(C)c(NC(=O)COC(=O)CN2C(=O)NC3(CC(C)CC(C)(C)C3)C2=O)c(C)c1. The second-order valence-corrected chi connectivity index (χ2v) is 10.2. The van der Waals surface area contributed by atoms with E-state index >= 15 is 0 Å². The van der Waals surface area contributed by atoms with E-state index in [4.69, 9.17) is 4.74 Å². The average molecular weight is 444 g/mol. The van der Waals surface area contributed by atoms with E-state index < -0.39 is 42.5 Å². The molecule has 1 aromatic rings. The largest absolute Gasteiger partial charge is 0.454 e. The molecule has 1 saturated carbocycles. The Kier molecular flexibility index (Phi) is 6.36. The highest BCUT2D eigenvalue weighted by atomic mass is 16.5. The lowest BCUT2D eigenvalue weighted by Crippen LogP contribution is -2.54. The normalized spacial score (nSPS) is 24.4. The minimum atomic E-state index is -0.976. The summed E-state index contributed by atoms with van der Waals surface area (Å²) in [6, 6.07) is 3.32. The fourth-order valence-corrected chi connectivity index (χ4v) is 5.52. The molecule has 2 unspecified atom stereocenters. The van der Waals surface area contributed by atoms with Crippen molar-refractivity contribution in [2.45, 2.75) is 66.3 Å². The van der Waals surface area contributed by atoms with Gasteiger partial charge in [-0.05, 0) is 62.5 Å². The Hall–Kier alpha value is -2.90. The fourth-order valence-electron chi connectivity index (χ4n) is 5.52. The number of aryl methyl sites for hydroxylation is 3. The molecule has 0 aromatic heterocycles. The van der Waals surface area contributed by atoms with Crippen LogP contribution in [0.3, 0.4) is 0 Å². The highest BCUT2D eigenvalue weighted by molar-refractivity contribution is 6.09. The van der Waals surface area contributed by atoms with E-state index in [1.54, 1.807) is 0 Å². The van der Waals surface area contributed by atoms with Crippen molar-refractivity contribution in [3.05, 3.63) is 28.8 Å². The van der Waals surface area contributed by atoms with Crippen LogP contribution in [0.5, 0.6) is 0 Å². The predicted octanol–water partition coefficient (Wildman–Crippen LogP) is 3.23. The van der Waals surface area contributed by atoms with Gasteiger partial charge in [-0.2, -0.15) is 0 Å². The van der Waals surface area contributed by atoms with Gasteiger partial charge in [0.25, 0.3) is 11.8 Å².